The van der Waals surface area contributed by atoms with E-state index in [4.69, 9.17) is 0 Å². The summed E-state index contributed by atoms with van der Waals surface area (Å²) in [6.45, 7) is 4.41. The largest absolute Gasteiger partial charge is 0.385 e. The Balaban J connectivity index is 2.54. The highest BCUT2D eigenvalue weighted by Crippen LogP contribution is 2.22. The molecule has 118 valence electrons. The second kappa shape index (κ2) is 10.6. The van der Waals surface area contributed by atoms with E-state index in [0.29, 0.717) is 0 Å². The van der Waals surface area contributed by atoms with Crippen LogP contribution < -0.4 is 0 Å². The van der Waals surface area contributed by atoms with E-state index in [-0.39, 0.29) is 0 Å². The summed E-state index contributed by atoms with van der Waals surface area (Å²) in [6, 6.07) is 10.3. The maximum Gasteiger partial charge on any atom is 0.0867 e. The molecule has 1 N–H and O–H groups in total. The number of allylic oxidation sites excluding steroid dienone is 1. The summed E-state index contributed by atoms with van der Waals surface area (Å²) in [5.74, 6) is 0. The van der Waals surface area contributed by atoms with Crippen molar-refractivity contribution in [1.82, 2.24) is 0 Å². The maximum atomic E-state index is 10.9. The zero-order valence-corrected chi connectivity index (χ0v) is 13.9. The Kier molecular flexibility index (Phi) is 9.09. The number of rotatable bonds is 11. The van der Waals surface area contributed by atoms with Crippen molar-refractivity contribution in [2.75, 3.05) is 0 Å². The molecule has 1 aromatic carbocycles. The molecule has 0 bridgehead atoms. The van der Waals surface area contributed by atoms with Crippen LogP contribution in [0.25, 0.3) is 0 Å². The summed E-state index contributed by atoms with van der Waals surface area (Å²) in [5.41, 5.74) is 0.536. The van der Waals surface area contributed by atoms with Crippen molar-refractivity contribution < 1.29 is 5.11 Å². The first kappa shape index (κ1) is 18.0. The average Bonchev–Trinajstić information content (AvgIpc) is 2.50. The van der Waals surface area contributed by atoms with Gasteiger partial charge in [-0.3, -0.25) is 0 Å². The van der Waals surface area contributed by atoms with Crippen LogP contribution in [0.5, 0.6) is 0 Å². The summed E-state index contributed by atoms with van der Waals surface area (Å²) in [4.78, 5) is 0. The fourth-order valence-electron chi connectivity index (χ4n) is 2.65. The predicted molar refractivity (Wildman–Crippen MR) is 92.5 cm³/mol. The molecule has 0 saturated heterocycles. The van der Waals surface area contributed by atoms with Gasteiger partial charge in [-0.15, -0.1) is 0 Å². The van der Waals surface area contributed by atoms with Gasteiger partial charge in [0.25, 0.3) is 0 Å². The molecule has 1 rings (SSSR count). The van der Waals surface area contributed by atoms with E-state index in [0.717, 1.165) is 32.1 Å². The highest BCUT2D eigenvalue weighted by Gasteiger charge is 2.22. The number of aliphatic hydroxyl groups is 1. The van der Waals surface area contributed by atoms with E-state index in [1.807, 2.05) is 18.2 Å². The first-order chi connectivity index (χ1) is 10.2. The molecule has 0 spiro atoms. The molecule has 1 unspecified atom stereocenters. The van der Waals surface area contributed by atoms with Crippen molar-refractivity contribution in [2.24, 2.45) is 0 Å². The fourth-order valence-corrected chi connectivity index (χ4v) is 2.65. The fraction of sp³-hybridized carbons (Fsp3) is 0.600. The maximum absolute atomic E-state index is 10.9. The first-order valence-electron chi connectivity index (χ1n) is 8.64. The van der Waals surface area contributed by atoms with E-state index < -0.39 is 5.60 Å². The first-order valence-corrected chi connectivity index (χ1v) is 8.64. The van der Waals surface area contributed by atoms with Crippen molar-refractivity contribution in [3.05, 3.63) is 48.0 Å². The Hall–Kier alpha value is -1.08. The van der Waals surface area contributed by atoms with Crippen LogP contribution in [0.3, 0.4) is 0 Å². The van der Waals surface area contributed by atoms with Gasteiger partial charge in [-0.05, 0) is 24.8 Å². The third-order valence-electron chi connectivity index (χ3n) is 3.97. The predicted octanol–water partition coefficient (Wildman–Crippen LogP) is 5.68. The van der Waals surface area contributed by atoms with Gasteiger partial charge >= 0.3 is 0 Å². The summed E-state index contributed by atoms with van der Waals surface area (Å²) < 4.78 is 0. The van der Waals surface area contributed by atoms with Gasteiger partial charge in [0.05, 0.1) is 5.60 Å². The lowest BCUT2D eigenvalue weighted by Gasteiger charge is -2.25. The molecule has 0 amide bonds. The summed E-state index contributed by atoms with van der Waals surface area (Å²) in [5, 5.41) is 10.9. The van der Waals surface area contributed by atoms with Crippen LogP contribution >= 0.6 is 0 Å². The molecule has 0 aromatic heterocycles. The van der Waals surface area contributed by atoms with Crippen LogP contribution in [0.1, 0.15) is 70.8 Å². The lowest BCUT2D eigenvalue weighted by Crippen LogP contribution is -2.28. The molecule has 0 aliphatic heterocycles. The zero-order chi connectivity index (χ0) is 15.4. The minimum Gasteiger partial charge on any atom is -0.385 e. The number of unbranched alkanes of at least 4 members (excludes halogenated alkanes) is 5. The molecule has 0 aliphatic carbocycles. The molecule has 1 atom stereocenters. The topological polar surface area (TPSA) is 20.2 Å². The lowest BCUT2D eigenvalue weighted by atomic mass is 9.88. The van der Waals surface area contributed by atoms with Crippen LogP contribution in [-0.4, -0.2) is 10.7 Å². The standard InChI is InChI=1S/C20H32O/c1-3-5-7-8-9-13-17-20(21,16-6-4-2)18-19-14-11-10-12-15-19/h10-15,17,21H,3-9,16,18H2,1-2H3/b17-13-. The van der Waals surface area contributed by atoms with Crippen molar-refractivity contribution in [3.8, 4) is 0 Å². The molecule has 1 aromatic rings. The van der Waals surface area contributed by atoms with Gasteiger partial charge in [-0.1, -0.05) is 88.4 Å². The smallest absolute Gasteiger partial charge is 0.0867 e. The summed E-state index contributed by atoms with van der Waals surface area (Å²) in [7, 11) is 0. The van der Waals surface area contributed by atoms with Crippen LogP contribution in [-0.2, 0) is 6.42 Å². The molecule has 21 heavy (non-hydrogen) atoms. The van der Waals surface area contributed by atoms with Gasteiger partial charge in [0, 0.05) is 6.42 Å². The average molecular weight is 288 g/mol. The second-order valence-electron chi connectivity index (χ2n) is 6.12. The third-order valence-corrected chi connectivity index (χ3v) is 3.97. The van der Waals surface area contributed by atoms with Gasteiger partial charge in [0.15, 0.2) is 0 Å². The van der Waals surface area contributed by atoms with E-state index in [1.165, 1.54) is 31.2 Å². The summed E-state index contributed by atoms with van der Waals surface area (Å²) >= 11 is 0. The Morgan fingerprint density at radius 3 is 2.33 bits per heavy atom. The van der Waals surface area contributed by atoms with Crippen LogP contribution in [0.15, 0.2) is 42.5 Å². The Bertz CT molecular complexity index is 382. The van der Waals surface area contributed by atoms with Gasteiger partial charge < -0.3 is 5.11 Å². The normalized spacial score (nSPS) is 14.4. The molecule has 0 radical (unpaired) electrons. The summed E-state index contributed by atoms with van der Waals surface area (Å²) in [6.07, 6.45) is 14.2. The third kappa shape index (κ3) is 8.06. The minimum atomic E-state index is -0.678. The van der Waals surface area contributed by atoms with Gasteiger partial charge in [0.2, 0.25) is 0 Å². The molecule has 1 heteroatoms. The van der Waals surface area contributed by atoms with E-state index in [2.05, 4.69) is 38.1 Å². The van der Waals surface area contributed by atoms with Crippen LogP contribution in [0, 0.1) is 0 Å². The Morgan fingerprint density at radius 2 is 1.67 bits per heavy atom. The second-order valence-corrected chi connectivity index (χ2v) is 6.12. The number of hydrogen-bond acceptors (Lipinski definition) is 1. The van der Waals surface area contributed by atoms with Crippen molar-refractivity contribution >= 4 is 0 Å². The number of hydrogen-bond donors (Lipinski definition) is 1. The monoisotopic (exact) mass is 288 g/mol. The van der Waals surface area contributed by atoms with Crippen molar-refractivity contribution in [2.45, 2.75) is 77.2 Å². The van der Waals surface area contributed by atoms with E-state index >= 15 is 0 Å². The molecule has 1 nitrogen and oxygen atoms in total. The van der Waals surface area contributed by atoms with E-state index in [9.17, 15) is 5.11 Å². The zero-order valence-electron chi connectivity index (χ0n) is 13.9. The van der Waals surface area contributed by atoms with Crippen LogP contribution in [0.2, 0.25) is 0 Å². The van der Waals surface area contributed by atoms with E-state index in [1.54, 1.807) is 0 Å². The Morgan fingerprint density at radius 1 is 0.952 bits per heavy atom. The van der Waals surface area contributed by atoms with Crippen molar-refractivity contribution in [1.29, 1.82) is 0 Å². The van der Waals surface area contributed by atoms with Gasteiger partial charge in [-0.25, -0.2) is 0 Å². The SMILES string of the molecule is CCCCCC/C=C\C(O)(CCCC)Cc1ccccc1. The van der Waals surface area contributed by atoms with Crippen LogP contribution in [0.4, 0.5) is 0 Å². The molecule has 0 fully saturated rings. The lowest BCUT2D eigenvalue weighted by molar-refractivity contribution is 0.0790. The molecule has 0 heterocycles. The number of benzene rings is 1. The molecular weight excluding hydrogens is 256 g/mol. The minimum absolute atomic E-state index is 0.678. The van der Waals surface area contributed by atoms with Gasteiger partial charge in [0.1, 0.15) is 0 Å². The molecule has 0 aliphatic rings. The Labute approximate surface area is 131 Å². The van der Waals surface area contributed by atoms with Crippen molar-refractivity contribution in [3.63, 3.8) is 0 Å². The highest BCUT2D eigenvalue weighted by atomic mass is 16.3. The molecule has 0 saturated carbocycles. The molecular formula is C20H32O. The quantitative estimate of drug-likeness (QED) is 0.410. The highest BCUT2D eigenvalue weighted by molar-refractivity contribution is 5.19. The van der Waals surface area contributed by atoms with Gasteiger partial charge in [-0.2, -0.15) is 0 Å².